The molecular formula is C21H32N4O3. The summed E-state index contributed by atoms with van der Waals surface area (Å²) < 4.78 is 5.28. The molecule has 3 rings (SSSR count). The summed E-state index contributed by atoms with van der Waals surface area (Å²) in [5.74, 6) is 1.06. The number of nitrogens with one attached hydrogen (secondary N) is 3. The van der Waals surface area contributed by atoms with E-state index in [-0.39, 0.29) is 12.1 Å². The van der Waals surface area contributed by atoms with E-state index < -0.39 is 0 Å². The van der Waals surface area contributed by atoms with Crippen molar-refractivity contribution in [3.63, 3.8) is 0 Å². The van der Waals surface area contributed by atoms with Crippen LogP contribution in [0.5, 0.6) is 5.75 Å². The van der Waals surface area contributed by atoms with Gasteiger partial charge in [0, 0.05) is 25.7 Å². The number of amides is 4. The highest BCUT2D eigenvalue weighted by molar-refractivity contribution is 5.91. The van der Waals surface area contributed by atoms with Gasteiger partial charge in [0.05, 0.1) is 12.8 Å². The van der Waals surface area contributed by atoms with Crippen molar-refractivity contribution in [1.29, 1.82) is 0 Å². The standard InChI is InChI=1S/C21H32N4O3/c1-28-19-10-6-5-9-18(19)24-21(27)25-13-11-16(12-14-25)15-22-20(26)23-17-7-3-2-4-8-17/h5-6,9-10,16-17H,2-4,7-8,11-15H2,1H3,(H,24,27)(H2,22,23,26). The first-order valence-electron chi connectivity index (χ1n) is 10.4. The first kappa shape index (κ1) is 20.3. The summed E-state index contributed by atoms with van der Waals surface area (Å²) in [4.78, 5) is 26.4. The Kier molecular flexibility index (Phi) is 7.39. The molecule has 0 unspecified atom stereocenters. The Bertz CT molecular complexity index is 653. The van der Waals surface area contributed by atoms with E-state index in [0.717, 1.165) is 25.7 Å². The van der Waals surface area contributed by atoms with Crippen LogP contribution in [0, 0.1) is 5.92 Å². The first-order chi connectivity index (χ1) is 13.7. The van der Waals surface area contributed by atoms with E-state index in [1.165, 1.54) is 19.3 Å². The van der Waals surface area contributed by atoms with Crippen LogP contribution in [-0.2, 0) is 0 Å². The molecule has 3 N–H and O–H groups in total. The molecule has 1 aromatic carbocycles. The van der Waals surface area contributed by atoms with Gasteiger partial charge in [-0.3, -0.25) is 0 Å². The van der Waals surface area contributed by atoms with Gasteiger partial charge in [0.25, 0.3) is 0 Å². The number of likely N-dealkylation sites (tertiary alicyclic amines) is 1. The number of carbonyl (C=O) groups is 2. The molecule has 0 bridgehead atoms. The van der Waals surface area contributed by atoms with Crippen molar-refractivity contribution < 1.29 is 14.3 Å². The second-order valence-electron chi connectivity index (χ2n) is 7.75. The van der Waals surface area contributed by atoms with Gasteiger partial charge in [-0.05, 0) is 43.7 Å². The zero-order valence-electron chi connectivity index (χ0n) is 16.7. The van der Waals surface area contributed by atoms with Crippen LogP contribution in [0.15, 0.2) is 24.3 Å². The van der Waals surface area contributed by atoms with Crippen LogP contribution in [0.3, 0.4) is 0 Å². The van der Waals surface area contributed by atoms with Crippen LogP contribution in [0.4, 0.5) is 15.3 Å². The first-order valence-corrected chi connectivity index (χ1v) is 10.4. The van der Waals surface area contributed by atoms with Crippen molar-refractivity contribution in [2.75, 3.05) is 32.1 Å². The Morgan fingerprint density at radius 3 is 2.50 bits per heavy atom. The maximum atomic E-state index is 12.5. The van der Waals surface area contributed by atoms with Gasteiger partial charge < -0.3 is 25.6 Å². The van der Waals surface area contributed by atoms with E-state index in [0.29, 0.717) is 43.0 Å². The fourth-order valence-corrected chi connectivity index (χ4v) is 4.00. The summed E-state index contributed by atoms with van der Waals surface area (Å²) in [5.41, 5.74) is 0.679. The topological polar surface area (TPSA) is 82.7 Å². The third-order valence-corrected chi connectivity index (χ3v) is 5.74. The van der Waals surface area contributed by atoms with E-state index >= 15 is 0 Å². The minimum atomic E-state index is -0.106. The fraction of sp³-hybridized carbons (Fsp3) is 0.619. The Labute approximate surface area is 167 Å². The zero-order valence-corrected chi connectivity index (χ0v) is 16.7. The van der Waals surface area contributed by atoms with E-state index in [1.54, 1.807) is 7.11 Å². The highest BCUT2D eigenvalue weighted by Gasteiger charge is 2.24. The van der Waals surface area contributed by atoms with Gasteiger partial charge in [-0.1, -0.05) is 31.4 Å². The summed E-state index contributed by atoms with van der Waals surface area (Å²) in [7, 11) is 1.59. The molecular weight excluding hydrogens is 356 g/mol. The predicted molar refractivity (Wildman–Crippen MR) is 110 cm³/mol. The van der Waals surface area contributed by atoms with Crippen LogP contribution in [0.2, 0.25) is 0 Å². The van der Waals surface area contributed by atoms with Gasteiger partial charge in [0.2, 0.25) is 0 Å². The van der Waals surface area contributed by atoms with Gasteiger partial charge >= 0.3 is 12.1 Å². The maximum absolute atomic E-state index is 12.5. The molecule has 1 saturated carbocycles. The molecule has 154 valence electrons. The smallest absolute Gasteiger partial charge is 0.321 e. The van der Waals surface area contributed by atoms with Crippen molar-refractivity contribution >= 4 is 17.7 Å². The molecule has 28 heavy (non-hydrogen) atoms. The number of urea groups is 2. The molecule has 1 saturated heterocycles. The van der Waals surface area contributed by atoms with E-state index in [4.69, 9.17) is 4.74 Å². The molecule has 1 aliphatic heterocycles. The van der Waals surface area contributed by atoms with Crippen molar-refractivity contribution in [2.45, 2.75) is 51.0 Å². The quantitative estimate of drug-likeness (QED) is 0.721. The summed E-state index contributed by atoms with van der Waals surface area (Å²) in [6.07, 6.45) is 7.66. The highest BCUT2D eigenvalue weighted by Crippen LogP contribution is 2.24. The van der Waals surface area contributed by atoms with Crippen molar-refractivity contribution in [1.82, 2.24) is 15.5 Å². The molecule has 7 nitrogen and oxygen atoms in total. The second kappa shape index (κ2) is 10.2. The average Bonchev–Trinajstić information content (AvgIpc) is 2.73. The molecule has 0 aromatic heterocycles. The number of piperidine rings is 1. The van der Waals surface area contributed by atoms with E-state index in [1.807, 2.05) is 29.2 Å². The summed E-state index contributed by atoms with van der Waals surface area (Å²) >= 11 is 0. The van der Waals surface area contributed by atoms with Crippen LogP contribution in [0.1, 0.15) is 44.9 Å². The minimum absolute atomic E-state index is 0.0526. The molecule has 0 spiro atoms. The summed E-state index contributed by atoms with van der Waals surface area (Å²) in [6.45, 7) is 2.05. The van der Waals surface area contributed by atoms with Gasteiger partial charge in [-0.2, -0.15) is 0 Å². The maximum Gasteiger partial charge on any atom is 0.321 e. The van der Waals surface area contributed by atoms with Gasteiger partial charge in [0.15, 0.2) is 0 Å². The Morgan fingerprint density at radius 2 is 1.79 bits per heavy atom. The number of para-hydroxylation sites is 2. The molecule has 1 aromatic rings. The van der Waals surface area contributed by atoms with Crippen LogP contribution < -0.4 is 20.7 Å². The molecule has 1 heterocycles. The molecule has 7 heteroatoms. The fourth-order valence-electron chi connectivity index (χ4n) is 4.00. The summed E-state index contributed by atoms with van der Waals surface area (Å²) in [6, 6.07) is 7.57. The van der Waals surface area contributed by atoms with E-state index in [2.05, 4.69) is 16.0 Å². The lowest BCUT2D eigenvalue weighted by Gasteiger charge is -2.32. The van der Waals surface area contributed by atoms with Crippen LogP contribution in [-0.4, -0.2) is 49.7 Å². The number of hydrogen-bond acceptors (Lipinski definition) is 3. The third-order valence-electron chi connectivity index (χ3n) is 5.74. The number of benzene rings is 1. The lowest BCUT2D eigenvalue weighted by atomic mass is 9.95. The molecule has 2 aliphatic rings. The van der Waals surface area contributed by atoms with Crippen molar-refractivity contribution in [2.24, 2.45) is 5.92 Å². The minimum Gasteiger partial charge on any atom is -0.495 e. The highest BCUT2D eigenvalue weighted by atomic mass is 16.5. The number of ether oxygens (including phenoxy) is 1. The van der Waals surface area contributed by atoms with Gasteiger partial charge in [-0.15, -0.1) is 0 Å². The van der Waals surface area contributed by atoms with Crippen molar-refractivity contribution in [3.8, 4) is 5.75 Å². The molecule has 0 radical (unpaired) electrons. The molecule has 4 amide bonds. The Hall–Kier alpha value is -2.44. The molecule has 1 aliphatic carbocycles. The van der Waals surface area contributed by atoms with Gasteiger partial charge in [0.1, 0.15) is 5.75 Å². The van der Waals surface area contributed by atoms with Crippen LogP contribution in [0.25, 0.3) is 0 Å². The number of rotatable bonds is 5. The summed E-state index contributed by atoms with van der Waals surface area (Å²) in [5, 5.41) is 9.02. The number of anilines is 1. The normalized spacial score (nSPS) is 18.4. The third kappa shape index (κ3) is 5.78. The number of hydrogen-bond donors (Lipinski definition) is 3. The van der Waals surface area contributed by atoms with E-state index in [9.17, 15) is 9.59 Å². The average molecular weight is 389 g/mol. The Balaban J connectivity index is 1.36. The SMILES string of the molecule is COc1ccccc1NC(=O)N1CCC(CNC(=O)NC2CCCCC2)CC1. The molecule has 0 atom stereocenters. The zero-order chi connectivity index (χ0) is 19.8. The lowest BCUT2D eigenvalue weighted by molar-refractivity contribution is 0.180. The Morgan fingerprint density at radius 1 is 1.07 bits per heavy atom. The number of nitrogens with zero attached hydrogens (tertiary/aromatic N) is 1. The van der Waals surface area contributed by atoms with Gasteiger partial charge in [-0.25, -0.2) is 9.59 Å². The lowest BCUT2D eigenvalue weighted by Crippen LogP contribution is -2.46. The predicted octanol–water partition coefficient (Wildman–Crippen LogP) is 3.57. The van der Waals surface area contributed by atoms with Crippen molar-refractivity contribution in [3.05, 3.63) is 24.3 Å². The largest absolute Gasteiger partial charge is 0.495 e. The number of carbonyl (C=O) groups excluding carboxylic acids is 2. The monoisotopic (exact) mass is 388 g/mol. The number of methoxy groups -OCH3 is 1. The van der Waals surface area contributed by atoms with Crippen LogP contribution >= 0.6 is 0 Å². The molecule has 2 fully saturated rings. The second-order valence-corrected chi connectivity index (χ2v) is 7.75.